The van der Waals surface area contributed by atoms with Gasteiger partial charge in [-0.3, -0.25) is 56.9 Å². The highest BCUT2D eigenvalue weighted by Gasteiger charge is 2.44. The van der Waals surface area contributed by atoms with E-state index in [4.69, 9.17) is 35.2 Å². The van der Waals surface area contributed by atoms with E-state index in [-0.39, 0.29) is 84.1 Å². The average Bonchev–Trinajstić information content (AvgIpc) is 1.61. The van der Waals surface area contributed by atoms with Crippen molar-refractivity contribution in [2.75, 3.05) is 98.5 Å². The van der Waals surface area contributed by atoms with Crippen LogP contribution in [0.15, 0.2) is 23.4 Å². The fourth-order valence-corrected chi connectivity index (χ4v) is 13.8. The normalized spacial score (nSPS) is 17.4. The van der Waals surface area contributed by atoms with Crippen molar-refractivity contribution in [3.63, 3.8) is 0 Å². The van der Waals surface area contributed by atoms with Crippen LogP contribution in [0.4, 0.5) is 0 Å². The molecule has 35 nitrogen and oxygen atoms in total. The highest BCUT2D eigenvalue weighted by molar-refractivity contribution is 7.99. The maximum atomic E-state index is 14.9. The van der Waals surface area contributed by atoms with E-state index in [2.05, 4.69) is 52.5 Å². The van der Waals surface area contributed by atoms with Crippen LogP contribution in [0.2, 0.25) is 0 Å². The number of aliphatic hydroxyl groups is 3. The van der Waals surface area contributed by atoms with Crippen molar-refractivity contribution in [3.8, 4) is 5.75 Å². The van der Waals surface area contributed by atoms with Crippen LogP contribution in [0, 0.1) is 11.8 Å². The number of thioether (sulfide) groups is 1. The van der Waals surface area contributed by atoms with E-state index >= 15 is 0 Å². The standard InChI is InChI=1S/C64H101N15O20S2/c1-8-37(3)56(72-53(86)9-2)61(91)68-30-54(87)70-38(4)35-101(94)63-45(27-47(59(66)89)71-62(92)57(39(5)50(84)33-80)73-60(90)49-26-42(83)32-79(49)64(93)48(69-36-81)28-52(65)85)44-10-11-51(95-7)46(58(44)74-63)34-100-43-12-15-77(16-13-43)55(88)14-18-96-20-22-98-24-25-99-23-21-97-19-17-78-31-41(75-76-78)29-67-40(6)82/h10-11,31,36-39,42-43,47-50,56-57,74,80,83-84H,8-9,12-30,32-35H2,1-7H3,(H2,65,85)(H2,66,89)(H,67,82)(H,68,91)(H,69,81)(H,70,87)(H,71,92)(H,72,86)(H,73,90)/t37-,38+,39-,42+,47-,48-,49-,50-,56-,57-,101?/m0/s1. The molecule has 101 heavy (non-hydrogen) atoms. The summed E-state index contributed by atoms with van der Waals surface area (Å²) in [6.45, 7) is 12.3. The number of nitrogens with one attached hydrogen (secondary N) is 8. The molecule has 11 amide bonds. The highest BCUT2D eigenvalue weighted by atomic mass is 32.2. The number of aromatic nitrogens is 4. The number of carbonyl (C=O) groups is 11. The molecule has 1 unspecified atom stereocenters. The number of hydrogen-bond acceptors (Lipinski definition) is 23. The zero-order valence-corrected chi connectivity index (χ0v) is 60.0. The smallest absolute Gasteiger partial charge is 0.246 e. The molecule has 0 radical (unpaired) electrons. The number of aromatic amines is 1. The molecule has 0 spiro atoms. The van der Waals surface area contributed by atoms with Gasteiger partial charge in [-0.25, -0.2) is 4.68 Å². The number of hydrogen-bond donors (Lipinski definition) is 13. The number of H-pyrrole nitrogens is 1. The Labute approximate surface area is 592 Å². The molecule has 0 saturated carbocycles. The third kappa shape index (κ3) is 26.8. The fraction of sp³-hybridized carbons (Fsp3) is 0.672. The Morgan fingerprint density at radius 3 is 2.11 bits per heavy atom. The number of nitrogens with zero attached hydrogens (tertiary/aromatic N) is 5. The van der Waals surface area contributed by atoms with Crippen LogP contribution in [0.1, 0.15) is 103 Å². The third-order valence-corrected chi connectivity index (χ3v) is 20.1. The summed E-state index contributed by atoms with van der Waals surface area (Å²) >= 11 is 1.61. The van der Waals surface area contributed by atoms with E-state index in [0.29, 0.717) is 119 Å². The number of piperidine rings is 1. The van der Waals surface area contributed by atoms with Gasteiger partial charge in [0.05, 0.1) is 134 Å². The number of likely N-dealkylation sites (tertiary alicyclic amines) is 2. The van der Waals surface area contributed by atoms with E-state index in [1.165, 1.54) is 21.0 Å². The van der Waals surface area contributed by atoms with Crippen LogP contribution >= 0.6 is 11.8 Å². The molecule has 11 atom stereocenters. The molecule has 2 aliphatic heterocycles. The van der Waals surface area contributed by atoms with Gasteiger partial charge in [0.25, 0.3) is 0 Å². The van der Waals surface area contributed by atoms with Crippen molar-refractivity contribution in [2.45, 2.75) is 170 Å². The van der Waals surface area contributed by atoms with Crippen molar-refractivity contribution in [1.82, 2.24) is 67.0 Å². The summed E-state index contributed by atoms with van der Waals surface area (Å²) in [4.78, 5) is 149. The fourth-order valence-electron chi connectivity index (χ4n) is 11.2. The quantitative estimate of drug-likeness (QED) is 0.0192. The molecule has 0 aliphatic carbocycles. The van der Waals surface area contributed by atoms with Gasteiger partial charge >= 0.3 is 0 Å². The second kappa shape index (κ2) is 43.1. The molecule has 1 aromatic carbocycles. The molecule has 564 valence electrons. The topological polar surface area (TPSA) is 501 Å². The number of rotatable bonds is 47. The van der Waals surface area contributed by atoms with Crippen molar-refractivity contribution < 1.29 is 96.0 Å². The summed E-state index contributed by atoms with van der Waals surface area (Å²) in [5.74, 6) is -7.93. The van der Waals surface area contributed by atoms with Gasteiger partial charge in [-0.1, -0.05) is 39.3 Å². The van der Waals surface area contributed by atoms with E-state index < -0.39 is 139 Å². The lowest BCUT2D eigenvalue weighted by Crippen LogP contribution is -2.60. The van der Waals surface area contributed by atoms with Gasteiger partial charge in [0.2, 0.25) is 65.5 Å². The molecule has 5 rings (SSSR count). The van der Waals surface area contributed by atoms with Gasteiger partial charge in [-0.2, -0.15) is 11.8 Å². The molecule has 2 saturated heterocycles. The predicted octanol–water partition coefficient (Wildman–Crippen LogP) is -3.61. The number of aliphatic hydroxyl groups excluding tert-OH is 3. The molecule has 2 aliphatic rings. The van der Waals surface area contributed by atoms with E-state index in [9.17, 15) is 72.3 Å². The number of methoxy groups -OCH3 is 1. The first-order chi connectivity index (χ1) is 48.2. The number of benzene rings is 1. The summed E-state index contributed by atoms with van der Waals surface area (Å²) in [6, 6.07) is -4.83. The van der Waals surface area contributed by atoms with Gasteiger partial charge in [-0.05, 0) is 43.4 Å². The number of primary amides is 2. The van der Waals surface area contributed by atoms with Gasteiger partial charge in [0, 0.05) is 85.5 Å². The van der Waals surface area contributed by atoms with Gasteiger partial charge in [-0.15, -0.1) is 5.10 Å². The Balaban J connectivity index is 1.26. The Morgan fingerprint density at radius 1 is 0.842 bits per heavy atom. The van der Waals surface area contributed by atoms with Gasteiger partial charge < -0.3 is 102 Å². The first-order valence-corrected chi connectivity index (χ1v) is 36.0. The molecule has 15 N–H and O–H groups in total. The summed E-state index contributed by atoms with van der Waals surface area (Å²) in [5, 5.41) is 58.1. The Hall–Kier alpha value is -7.91. The molecule has 3 aromatic rings. The van der Waals surface area contributed by atoms with E-state index in [0.717, 1.165) is 4.90 Å². The molecule has 4 heterocycles. The zero-order valence-electron chi connectivity index (χ0n) is 58.3. The van der Waals surface area contributed by atoms with Crippen LogP contribution in [-0.2, 0) is 108 Å². The van der Waals surface area contributed by atoms with Crippen molar-refractivity contribution in [1.29, 1.82) is 0 Å². The minimum absolute atomic E-state index is 0.0512. The van der Waals surface area contributed by atoms with Crippen molar-refractivity contribution in [2.24, 2.45) is 23.3 Å². The molecule has 37 heteroatoms. The maximum absolute atomic E-state index is 14.9. The number of amides is 11. The average molecular weight is 1460 g/mol. The lowest BCUT2D eigenvalue weighted by atomic mass is 9.94. The number of β-amino-alcohol motifs (C(OH)–C–C–N with tert-alkyl or cyclic N) is 1. The van der Waals surface area contributed by atoms with Crippen LogP contribution in [0.5, 0.6) is 5.75 Å². The second-order valence-electron chi connectivity index (χ2n) is 24.7. The van der Waals surface area contributed by atoms with Gasteiger partial charge in [0.1, 0.15) is 46.7 Å². The second-order valence-corrected chi connectivity index (χ2v) is 27.4. The first kappa shape index (κ1) is 83.7. The SMILES string of the molecule is CCC(=O)N[C@H](C(=O)NCC(=O)N[C@H](C)CS(=O)c1[nH]c2c(CSC3CCN(C(=O)CCOCCOCCOCCOCCn4cc(CNC(C)=O)nn4)CC3)c(OC)ccc2c1C[C@H](NC(=O)[C@@H](NC(=O)[C@@H]1C[C@@H](O)CN1C(=O)[C@H](CC(N)=O)NC=O)[C@@H](C)[C@@H](O)CO)C(N)=O)[C@@H](C)CC. The third-order valence-electron chi connectivity index (χ3n) is 17.1. The summed E-state index contributed by atoms with van der Waals surface area (Å²) in [5.41, 5.74) is 13.3. The monoisotopic (exact) mass is 1460 g/mol. The summed E-state index contributed by atoms with van der Waals surface area (Å²) < 4.78 is 44.9. The van der Waals surface area contributed by atoms with Crippen LogP contribution in [0.25, 0.3) is 10.9 Å². The molecular weight excluding hydrogens is 1360 g/mol. The summed E-state index contributed by atoms with van der Waals surface area (Å²) in [6.07, 6.45) is -0.328. The number of fused-ring (bicyclic) bond motifs is 1. The van der Waals surface area contributed by atoms with Crippen molar-refractivity contribution >= 4 is 98.9 Å². The summed E-state index contributed by atoms with van der Waals surface area (Å²) in [7, 11) is -0.579. The number of ether oxygens (including phenoxy) is 5. The Kier molecular flexibility index (Phi) is 35.8. The van der Waals surface area contributed by atoms with Crippen LogP contribution in [0.3, 0.4) is 0 Å². The first-order valence-electron chi connectivity index (χ1n) is 33.7. The van der Waals surface area contributed by atoms with Crippen molar-refractivity contribution in [3.05, 3.63) is 35.2 Å². The maximum Gasteiger partial charge on any atom is 0.246 e. The molecule has 0 bridgehead atoms. The number of nitrogens with two attached hydrogens (primary N) is 2. The zero-order chi connectivity index (χ0) is 74.3. The predicted molar refractivity (Wildman–Crippen MR) is 367 cm³/mol. The van der Waals surface area contributed by atoms with Crippen LogP contribution < -0.4 is 53.4 Å². The van der Waals surface area contributed by atoms with Gasteiger partial charge in [0.15, 0.2) is 0 Å². The lowest BCUT2D eigenvalue weighted by molar-refractivity contribution is -0.143. The minimum Gasteiger partial charge on any atom is -0.496 e. The minimum atomic E-state index is -2.06. The molecular formula is C64H101N15O20S2. The molecule has 2 fully saturated rings. The number of carbonyl (C=O) groups excluding carboxylic acids is 11. The Bertz CT molecular complexity index is 3280. The van der Waals surface area contributed by atoms with E-state index in [1.807, 2.05) is 6.92 Å². The van der Waals surface area contributed by atoms with Crippen LogP contribution in [-0.4, -0.2) is 267 Å². The van der Waals surface area contributed by atoms with E-state index in [1.54, 1.807) is 60.4 Å². The Morgan fingerprint density at radius 2 is 1.50 bits per heavy atom. The highest BCUT2D eigenvalue weighted by Crippen LogP contribution is 2.38. The molecule has 2 aromatic heterocycles. The largest absolute Gasteiger partial charge is 0.496 e. The lowest BCUT2D eigenvalue weighted by Gasteiger charge is -2.32.